The average molecular weight is 601 g/mol. The number of aliphatic hydroxyl groups is 6. The number of nitrogens with one attached hydrogen (secondary N) is 1. The van der Waals surface area contributed by atoms with Crippen LogP contribution in [0, 0.1) is 5.92 Å². The number of rotatable bonds is 12. The number of hydrogen-bond donors (Lipinski definition) is 8. The van der Waals surface area contributed by atoms with Crippen molar-refractivity contribution in [1.29, 1.82) is 0 Å². The van der Waals surface area contributed by atoms with E-state index in [1.807, 2.05) is 0 Å². The number of carbonyl (C=O) groups excluding carboxylic acids is 1. The number of quaternary nitrogens is 1. The molecule has 0 spiro atoms. The predicted molar refractivity (Wildman–Crippen MR) is 140 cm³/mol. The van der Waals surface area contributed by atoms with Crippen LogP contribution in [-0.2, 0) is 33.3 Å². The van der Waals surface area contributed by atoms with Crippen LogP contribution in [0.1, 0.15) is 6.92 Å². The molecule has 15 nitrogen and oxygen atoms in total. The van der Waals surface area contributed by atoms with Gasteiger partial charge in [-0.3, -0.25) is 0 Å². The minimum absolute atomic E-state index is 0.0398. The van der Waals surface area contributed by atoms with Gasteiger partial charge in [-0.1, -0.05) is 12.2 Å². The Balaban J connectivity index is 2.00. The van der Waals surface area contributed by atoms with Crippen LogP contribution in [0.25, 0.3) is 0 Å². The SMILES string of the molecule is C=C[C@H]1[C@H](O[C@@H]2O[C@H](CO)[C@@H](O)C(O)(O)[C@H]2OCC)OC=C(C(=O)OC)[C@@]1(O)/C=C/C1=CC(C(=O)O)=C[NH+](CCO)C1. The highest BCUT2D eigenvalue weighted by Gasteiger charge is 2.58. The summed E-state index contributed by atoms with van der Waals surface area (Å²) < 4.78 is 27.2. The first-order chi connectivity index (χ1) is 19.9. The standard InChI is InChI=1S/C27H37NO14/c1-4-17-24(42-25-21(39-5-2)27(36,37)20(31)19(13-30)41-25)40-14-18(23(34)38-3)26(17,35)7-6-15-10-16(22(32)33)12-28(11-15)8-9-29/h4,6-7,10,12,14,17,19-21,24-25,29-31,35-37H,1,5,8-9,11,13H2,2-3H3,(H,32,33)/p+1/b7-6+/t17-,19+,20+,21-,24-,25-,26+/m0/s1. The van der Waals surface area contributed by atoms with Crippen LogP contribution in [0.4, 0.5) is 0 Å². The van der Waals surface area contributed by atoms with Gasteiger partial charge >= 0.3 is 11.9 Å². The van der Waals surface area contributed by atoms with E-state index in [-0.39, 0.29) is 37.4 Å². The number of aliphatic hydroxyl groups excluding tert-OH is 3. The van der Waals surface area contributed by atoms with Crippen LogP contribution in [0.3, 0.4) is 0 Å². The van der Waals surface area contributed by atoms with Crippen molar-refractivity contribution in [3.05, 3.63) is 60.1 Å². The van der Waals surface area contributed by atoms with Crippen molar-refractivity contribution in [3.8, 4) is 0 Å². The smallest absolute Gasteiger partial charge is 0.341 e. The van der Waals surface area contributed by atoms with E-state index in [1.165, 1.54) is 30.5 Å². The van der Waals surface area contributed by atoms with Crippen LogP contribution >= 0.6 is 0 Å². The Hall–Kier alpha value is -2.96. The molecule has 8 atom stereocenters. The first kappa shape index (κ1) is 33.5. The predicted octanol–water partition coefficient (Wildman–Crippen LogP) is -3.54. The number of carboxylic acids is 1. The van der Waals surface area contributed by atoms with Crippen molar-refractivity contribution in [2.45, 2.75) is 49.2 Å². The van der Waals surface area contributed by atoms with Crippen LogP contribution < -0.4 is 4.90 Å². The third kappa shape index (κ3) is 6.81. The first-order valence-electron chi connectivity index (χ1n) is 13.1. The van der Waals surface area contributed by atoms with Gasteiger partial charge in [0.1, 0.15) is 54.5 Å². The number of aliphatic carboxylic acids is 1. The maximum atomic E-state index is 12.7. The van der Waals surface area contributed by atoms with E-state index in [0.29, 0.717) is 10.5 Å². The van der Waals surface area contributed by atoms with Crippen LogP contribution in [0.5, 0.6) is 0 Å². The monoisotopic (exact) mass is 600 g/mol. The molecule has 0 radical (unpaired) electrons. The molecule has 3 heterocycles. The van der Waals surface area contributed by atoms with Crippen molar-refractivity contribution >= 4 is 11.9 Å². The van der Waals surface area contributed by atoms with E-state index < -0.39 is 66.7 Å². The first-order valence-corrected chi connectivity index (χ1v) is 13.1. The third-order valence-electron chi connectivity index (χ3n) is 7.13. The summed E-state index contributed by atoms with van der Waals surface area (Å²) in [5.41, 5.74) is -2.17. The molecule has 0 aromatic rings. The lowest BCUT2D eigenvalue weighted by molar-refractivity contribution is -0.842. The van der Waals surface area contributed by atoms with Gasteiger partial charge < -0.3 is 64.3 Å². The van der Waals surface area contributed by atoms with Gasteiger partial charge in [-0.15, -0.1) is 6.58 Å². The molecule has 0 aromatic carbocycles. The third-order valence-corrected chi connectivity index (χ3v) is 7.13. The molecule has 1 fully saturated rings. The number of carboxylic acid groups (broad SMARTS) is 1. The molecular weight excluding hydrogens is 562 g/mol. The molecular formula is C27H38NO14+. The number of methoxy groups -OCH3 is 1. The van der Waals surface area contributed by atoms with Gasteiger partial charge in [0.05, 0.1) is 26.2 Å². The number of ether oxygens (including phenoxy) is 5. The highest BCUT2D eigenvalue weighted by molar-refractivity contribution is 5.91. The normalized spacial score (nSPS) is 34.6. The van der Waals surface area contributed by atoms with Gasteiger partial charge in [-0.05, 0) is 19.1 Å². The zero-order chi connectivity index (χ0) is 31.2. The lowest BCUT2D eigenvalue weighted by Gasteiger charge is -2.48. The molecule has 0 aliphatic carbocycles. The average Bonchev–Trinajstić information content (AvgIpc) is 2.95. The van der Waals surface area contributed by atoms with Crippen molar-refractivity contribution in [2.75, 3.05) is 40.0 Å². The molecule has 1 saturated heterocycles. The molecule has 3 aliphatic rings. The lowest BCUT2D eigenvalue weighted by atomic mass is 9.78. The van der Waals surface area contributed by atoms with Crippen LogP contribution in [0.2, 0.25) is 0 Å². The highest BCUT2D eigenvalue weighted by Crippen LogP contribution is 2.40. The van der Waals surface area contributed by atoms with E-state index in [9.17, 15) is 45.3 Å². The van der Waals surface area contributed by atoms with Gasteiger partial charge in [0.15, 0.2) is 12.4 Å². The summed E-state index contributed by atoms with van der Waals surface area (Å²) in [6.45, 7) is 4.67. The summed E-state index contributed by atoms with van der Waals surface area (Å²) in [5, 5.41) is 71.9. The molecule has 15 heteroatoms. The molecule has 234 valence electrons. The molecule has 0 bridgehead atoms. The van der Waals surface area contributed by atoms with E-state index in [1.54, 1.807) is 6.92 Å². The maximum Gasteiger partial charge on any atom is 0.341 e. The zero-order valence-electron chi connectivity index (χ0n) is 23.2. The van der Waals surface area contributed by atoms with E-state index >= 15 is 0 Å². The Bertz CT molecular complexity index is 1130. The number of esters is 1. The minimum Gasteiger partial charge on any atom is -0.477 e. The van der Waals surface area contributed by atoms with Crippen LogP contribution in [-0.4, -0.2) is 130 Å². The van der Waals surface area contributed by atoms with Gasteiger partial charge in [-0.25, -0.2) is 9.59 Å². The Morgan fingerprint density at radius 1 is 1.24 bits per heavy atom. The second-order valence-electron chi connectivity index (χ2n) is 9.85. The fourth-order valence-electron chi connectivity index (χ4n) is 4.94. The van der Waals surface area contributed by atoms with Crippen molar-refractivity contribution < 1.29 is 73.9 Å². The number of hydrogen-bond acceptors (Lipinski definition) is 13. The van der Waals surface area contributed by atoms with Gasteiger partial charge in [0.2, 0.25) is 12.1 Å². The summed E-state index contributed by atoms with van der Waals surface area (Å²) >= 11 is 0. The molecule has 1 unspecified atom stereocenters. The van der Waals surface area contributed by atoms with E-state index in [0.717, 1.165) is 13.4 Å². The minimum atomic E-state index is -2.92. The summed E-state index contributed by atoms with van der Waals surface area (Å²) in [4.78, 5) is 25.0. The van der Waals surface area contributed by atoms with Gasteiger partial charge in [0, 0.05) is 12.2 Å². The number of carbonyl (C=O) groups is 2. The topological polar surface area (TPSA) is 226 Å². The quantitative estimate of drug-likeness (QED) is 0.0617. The summed E-state index contributed by atoms with van der Waals surface area (Å²) in [6.07, 6.45) is -0.745. The fraction of sp³-hybridized carbons (Fsp3) is 0.556. The summed E-state index contributed by atoms with van der Waals surface area (Å²) in [7, 11) is 1.09. The van der Waals surface area contributed by atoms with Crippen LogP contribution in [0.15, 0.2) is 60.1 Å². The molecule has 3 aliphatic heterocycles. The molecule has 8 N–H and O–H groups in total. The fourth-order valence-corrected chi connectivity index (χ4v) is 4.94. The largest absolute Gasteiger partial charge is 0.477 e. The lowest BCUT2D eigenvalue weighted by Crippen LogP contribution is -3.08. The van der Waals surface area contributed by atoms with Crippen molar-refractivity contribution in [2.24, 2.45) is 5.92 Å². The Morgan fingerprint density at radius 3 is 2.52 bits per heavy atom. The molecule has 0 aromatic heterocycles. The molecule has 0 saturated carbocycles. The Labute approximate surface area is 241 Å². The summed E-state index contributed by atoms with van der Waals surface area (Å²) in [5.74, 6) is -6.36. The molecule has 0 amide bonds. The van der Waals surface area contributed by atoms with Gasteiger partial charge in [0.25, 0.3) is 0 Å². The second-order valence-corrected chi connectivity index (χ2v) is 9.85. The van der Waals surface area contributed by atoms with E-state index in [4.69, 9.17) is 23.7 Å². The molecule has 3 rings (SSSR count). The highest BCUT2D eigenvalue weighted by atomic mass is 16.8. The zero-order valence-corrected chi connectivity index (χ0v) is 23.2. The Morgan fingerprint density at radius 2 is 1.95 bits per heavy atom. The van der Waals surface area contributed by atoms with E-state index in [2.05, 4.69) is 6.58 Å². The van der Waals surface area contributed by atoms with Crippen molar-refractivity contribution in [1.82, 2.24) is 0 Å². The Kier molecular flexibility index (Phi) is 11.2. The molecule has 42 heavy (non-hydrogen) atoms. The van der Waals surface area contributed by atoms with Crippen molar-refractivity contribution in [3.63, 3.8) is 0 Å². The van der Waals surface area contributed by atoms with Gasteiger partial charge in [-0.2, -0.15) is 0 Å². The second kappa shape index (κ2) is 14.0. The maximum absolute atomic E-state index is 12.7. The summed E-state index contributed by atoms with van der Waals surface area (Å²) in [6, 6.07) is 0.